The summed E-state index contributed by atoms with van der Waals surface area (Å²) >= 11 is 8.51. The van der Waals surface area contributed by atoms with Crippen LogP contribution in [0.2, 0.25) is 0 Å². The second kappa shape index (κ2) is 53.0. The first kappa shape index (κ1) is 101. The molecule has 1 heterocycles. The molecular formula is C73H116N24O19S2. The number of thiol groups is 2. The van der Waals surface area contributed by atoms with E-state index >= 15 is 0 Å². The Kier molecular flexibility index (Phi) is 45.2. The van der Waals surface area contributed by atoms with Crippen LogP contribution in [0.1, 0.15) is 116 Å². The zero-order valence-corrected chi connectivity index (χ0v) is 68.3. The van der Waals surface area contributed by atoms with Gasteiger partial charge in [0.25, 0.3) is 0 Å². The number of aldehydes is 1. The van der Waals surface area contributed by atoms with Gasteiger partial charge in [-0.2, -0.15) is 25.3 Å². The highest BCUT2D eigenvalue weighted by Gasteiger charge is 2.44. The third-order valence-electron chi connectivity index (χ3n) is 19.0. The minimum absolute atomic E-state index is 0.00295. The molecule has 43 nitrogen and oxygen atoms in total. The SMILES string of the molecule is CC[C@H](C)[C@H](NC(=O)[C@H](CCCNC(=N)N)NC(=O)CNC(=O)CNC(=O)[C@H](Cc1ccccc1)NC(=O)[C@@H](C)NC(=O)[C@H](CS)NC(=O)[C@H](CO)NC(=O)[C@@H](N)CO)C(=O)N[C@@H](CC(=O)O)C(=O)N[C@@H](CCCNC(=N)N)C(=O)N[C@H](C(=O)N[C@@H](CS)C(=O)N1C[C@H](c2ccccc2)C[C@H]1C(=O)N[C@H](C=O)CCCNC(=N)N)[C@@H](C)CC. The molecule has 0 bridgehead atoms. The smallest absolute Gasteiger partial charge is 0.305 e. The Labute approximate surface area is 693 Å². The molecule has 16 atom stereocenters. The molecule has 30 N–H and O–H groups in total. The number of hydrogen-bond donors (Lipinski definition) is 28. The van der Waals surface area contributed by atoms with Crippen LogP contribution in [-0.4, -0.2) is 276 Å². The fourth-order valence-corrected chi connectivity index (χ4v) is 12.4. The predicted molar refractivity (Wildman–Crippen MR) is 437 cm³/mol. The molecule has 1 saturated heterocycles. The summed E-state index contributed by atoms with van der Waals surface area (Å²) in [6.45, 7) is 4.66. The van der Waals surface area contributed by atoms with E-state index < -0.39 is 224 Å². The van der Waals surface area contributed by atoms with Gasteiger partial charge in [-0.15, -0.1) is 0 Å². The average Bonchev–Trinajstić information content (AvgIpc) is 1.64. The number of carboxylic acid groups (broad SMARTS) is 1. The van der Waals surface area contributed by atoms with Crippen LogP contribution < -0.4 is 108 Å². The highest BCUT2D eigenvalue weighted by atomic mass is 32.1. The molecule has 0 aliphatic carbocycles. The van der Waals surface area contributed by atoms with Crippen LogP contribution in [0.3, 0.4) is 0 Å². The number of aliphatic hydroxyl groups excluding tert-OH is 2. The number of rotatable bonds is 53. The van der Waals surface area contributed by atoms with E-state index in [9.17, 15) is 92.0 Å². The van der Waals surface area contributed by atoms with Crippen molar-refractivity contribution in [3.8, 4) is 0 Å². The topological polar surface area (TPSA) is 705 Å². The number of likely N-dealkylation sites (tertiary alicyclic amines) is 1. The van der Waals surface area contributed by atoms with Crippen LogP contribution in [0.4, 0.5) is 0 Å². The van der Waals surface area contributed by atoms with E-state index in [1.54, 1.807) is 69.3 Å². The number of benzene rings is 2. The van der Waals surface area contributed by atoms with Gasteiger partial charge in [0, 0.05) is 50.0 Å². The Hall–Kier alpha value is -11.5. The van der Waals surface area contributed by atoms with Crippen molar-refractivity contribution in [2.24, 2.45) is 34.8 Å². The van der Waals surface area contributed by atoms with Crippen LogP contribution in [0.5, 0.6) is 0 Å². The van der Waals surface area contributed by atoms with E-state index in [2.05, 4.69) is 110 Å². The lowest BCUT2D eigenvalue weighted by molar-refractivity contribution is -0.142. The first-order chi connectivity index (χ1) is 55.9. The van der Waals surface area contributed by atoms with Gasteiger partial charge >= 0.3 is 5.97 Å². The minimum atomic E-state index is -1.98. The second-order valence-corrected chi connectivity index (χ2v) is 28.9. The van der Waals surface area contributed by atoms with E-state index in [4.69, 9.17) is 39.2 Å². The highest BCUT2D eigenvalue weighted by Crippen LogP contribution is 2.33. The molecule has 0 aromatic heterocycles. The van der Waals surface area contributed by atoms with Crippen molar-refractivity contribution in [3.05, 3.63) is 71.8 Å². The summed E-state index contributed by atoms with van der Waals surface area (Å²) in [4.78, 5) is 220. The number of hydrogen-bond acceptors (Lipinski definition) is 24. The standard InChI is InChI=1S/C73H116N24O19S2/c1-6-38(3)57(95-62(108)46(22-15-25-82-72(77)78)88-55(102)31-84-54(101)30-85-61(107)48(27-41-17-10-8-11-18-41)90-59(105)40(5)86-66(112)51(36-117)93-65(111)50(35-100)92-60(106)45(74)34-99)68(114)91-49(29-56(103)104)64(110)89-47(23-16-26-83-73(79)80)63(109)96-58(39(4)7-2)69(115)94-52(37-118)70(116)97-32-43(42-19-12-9-13-20-42)28-53(97)67(113)87-44(33-98)21-14-24-81-71(75)76/h8-13,17-20,33,38-40,43-53,57-58,99-100,117-118H,6-7,14-16,21-32,34-37,74H2,1-5H3,(H,84,101)(H,85,107)(H,86,112)(H,87,113)(H,88,102)(H,89,110)(H,90,105)(H,91,114)(H,92,106)(H,93,111)(H,94,115)(H,95,108)(H,96,109)(H,103,104)(H4,75,76,81)(H4,77,78,82)(H4,79,80,83)/t38-,39-,40+,43+,44-,45-,46-,47-,48-,49-,50-,51-,52-,53-,57-,58-/m0/s1. The summed E-state index contributed by atoms with van der Waals surface area (Å²) < 4.78 is 0. The molecule has 14 amide bonds. The Morgan fingerprint density at radius 2 is 0.949 bits per heavy atom. The normalized spacial score (nSPS) is 16.4. The molecule has 0 saturated carbocycles. The van der Waals surface area contributed by atoms with Gasteiger partial charge in [0.15, 0.2) is 17.9 Å². The zero-order valence-electron chi connectivity index (χ0n) is 66.5. The van der Waals surface area contributed by atoms with Gasteiger partial charge in [-0.25, -0.2) is 0 Å². The van der Waals surface area contributed by atoms with Crippen LogP contribution in [0.15, 0.2) is 60.7 Å². The van der Waals surface area contributed by atoms with Gasteiger partial charge in [0.05, 0.1) is 38.8 Å². The van der Waals surface area contributed by atoms with E-state index in [0.29, 0.717) is 18.3 Å². The third-order valence-corrected chi connectivity index (χ3v) is 19.7. The summed E-state index contributed by atoms with van der Waals surface area (Å²) in [6, 6.07) is -1.59. The Morgan fingerprint density at radius 3 is 1.44 bits per heavy atom. The van der Waals surface area contributed by atoms with Crippen molar-refractivity contribution in [1.82, 2.24) is 90.0 Å². The van der Waals surface area contributed by atoms with E-state index in [0.717, 1.165) is 5.56 Å². The Bertz CT molecular complexity index is 3770. The minimum Gasteiger partial charge on any atom is -0.481 e. The van der Waals surface area contributed by atoms with Crippen molar-refractivity contribution in [2.45, 2.75) is 190 Å². The molecule has 1 aliphatic heterocycles. The number of carbonyl (C=O) groups is 16. The molecule has 654 valence electrons. The molecule has 2 aromatic carbocycles. The summed E-state index contributed by atoms with van der Waals surface area (Å²) in [5.41, 5.74) is 23.2. The Morgan fingerprint density at radius 1 is 0.500 bits per heavy atom. The van der Waals surface area contributed by atoms with Gasteiger partial charge < -0.3 is 133 Å². The highest BCUT2D eigenvalue weighted by molar-refractivity contribution is 7.80. The van der Waals surface area contributed by atoms with Crippen LogP contribution in [0.25, 0.3) is 0 Å². The van der Waals surface area contributed by atoms with E-state index in [-0.39, 0.29) is 107 Å². The number of nitrogens with zero attached hydrogens (tertiary/aromatic N) is 1. The number of aliphatic carboxylic acids is 1. The van der Waals surface area contributed by atoms with Crippen LogP contribution in [0, 0.1) is 28.1 Å². The lowest BCUT2D eigenvalue weighted by Crippen LogP contribution is -2.62. The molecule has 45 heteroatoms. The van der Waals surface area contributed by atoms with Gasteiger partial charge in [-0.3, -0.25) is 88.1 Å². The largest absolute Gasteiger partial charge is 0.481 e. The fraction of sp³-hybridized carbons (Fsp3) is 0.575. The monoisotopic (exact) mass is 1700 g/mol. The number of amides is 14. The number of guanidine groups is 3. The summed E-state index contributed by atoms with van der Waals surface area (Å²) in [5.74, 6) is -18.6. The van der Waals surface area contributed by atoms with Gasteiger partial charge in [0.1, 0.15) is 78.8 Å². The number of nitrogens with one attached hydrogen (secondary N) is 19. The number of carbonyl (C=O) groups excluding carboxylic acids is 15. The summed E-state index contributed by atoms with van der Waals surface area (Å²) in [5, 5.41) is 91.4. The first-order valence-corrected chi connectivity index (χ1v) is 39.6. The van der Waals surface area contributed by atoms with Crippen molar-refractivity contribution in [1.29, 1.82) is 16.2 Å². The Balaban J connectivity index is 1.84. The maximum absolute atomic E-state index is 14.7. The lowest BCUT2D eigenvalue weighted by atomic mass is 9.96. The molecule has 3 rings (SSSR count). The maximum Gasteiger partial charge on any atom is 0.305 e. The predicted octanol–water partition coefficient (Wildman–Crippen LogP) is -8.07. The van der Waals surface area contributed by atoms with Crippen molar-refractivity contribution < 1.29 is 92.0 Å². The van der Waals surface area contributed by atoms with Crippen LogP contribution in [-0.2, 0) is 83.1 Å². The van der Waals surface area contributed by atoms with Gasteiger partial charge in [-0.1, -0.05) is 101 Å². The van der Waals surface area contributed by atoms with Crippen LogP contribution >= 0.6 is 25.3 Å². The number of aliphatic hydroxyl groups is 2. The maximum atomic E-state index is 14.7. The third kappa shape index (κ3) is 35.6. The average molecular weight is 1700 g/mol. The molecule has 0 radical (unpaired) electrons. The summed E-state index contributed by atoms with van der Waals surface area (Å²) in [6.07, 6.45) is -0.0606. The van der Waals surface area contributed by atoms with E-state index in [1.807, 2.05) is 12.1 Å². The van der Waals surface area contributed by atoms with Crippen molar-refractivity contribution in [3.63, 3.8) is 0 Å². The van der Waals surface area contributed by atoms with E-state index in [1.165, 1.54) is 18.7 Å². The zero-order chi connectivity index (χ0) is 88.3. The van der Waals surface area contributed by atoms with Crippen molar-refractivity contribution >= 4 is 138 Å². The molecular weight excluding hydrogens is 1580 g/mol. The number of carboxylic acids is 1. The molecule has 0 unspecified atom stereocenters. The lowest BCUT2D eigenvalue weighted by Gasteiger charge is -2.31. The molecule has 0 spiro atoms. The fourth-order valence-electron chi connectivity index (χ4n) is 11.9. The molecule has 2 aromatic rings. The summed E-state index contributed by atoms with van der Waals surface area (Å²) in [7, 11) is 0. The van der Waals surface area contributed by atoms with Gasteiger partial charge in [0.2, 0.25) is 82.7 Å². The van der Waals surface area contributed by atoms with Crippen molar-refractivity contribution in [2.75, 3.05) is 64.0 Å². The quantitative estimate of drug-likeness (QED) is 0.00962. The molecule has 1 fully saturated rings. The molecule has 1 aliphatic rings. The first-order valence-electron chi connectivity index (χ1n) is 38.3. The molecule has 118 heavy (non-hydrogen) atoms. The number of nitrogens with two attached hydrogens (primary N) is 4. The second-order valence-electron chi connectivity index (χ2n) is 28.1. The van der Waals surface area contributed by atoms with Gasteiger partial charge in [-0.05, 0) is 74.8 Å².